The van der Waals surface area contributed by atoms with Crippen molar-refractivity contribution in [1.82, 2.24) is 19.4 Å². The summed E-state index contributed by atoms with van der Waals surface area (Å²) in [6.07, 6.45) is 10.3. The Morgan fingerprint density at radius 1 is 1.14 bits per heavy atom. The zero-order valence-corrected chi connectivity index (χ0v) is 11.8. The molecule has 1 aliphatic rings. The van der Waals surface area contributed by atoms with Gasteiger partial charge in [-0.2, -0.15) is 0 Å². The molecule has 0 aliphatic heterocycles. The predicted molar refractivity (Wildman–Crippen MR) is 81.2 cm³/mol. The van der Waals surface area contributed by atoms with Crippen molar-refractivity contribution in [3.05, 3.63) is 53.9 Å². The number of hydrogen-bond donors (Lipinski definition) is 1. The first-order chi connectivity index (χ1) is 10.4. The van der Waals surface area contributed by atoms with E-state index in [0.29, 0.717) is 6.54 Å². The van der Waals surface area contributed by atoms with Gasteiger partial charge in [-0.05, 0) is 37.8 Å². The SMILES string of the molecule is c1ccn2cc(CNc3ncnc4c3CCCC4)nc2c1. The van der Waals surface area contributed by atoms with Crippen LogP contribution in [0, 0.1) is 0 Å². The summed E-state index contributed by atoms with van der Waals surface area (Å²) in [5.74, 6) is 0.969. The number of nitrogens with zero attached hydrogens (tertiary/aromatic N) is 4. The van der Waals surface area contributed by atoms with Gasteiger partial charge in [0.2, 0.25) is 0 Å². The largest absolute Gasteiger partial charge is 0.364 e. The lowest BCUT2D eigenvalue weighted by molar-refractivity contribution is 0.663. The summed E-state index contributed by atoms with van der Waals surface area (Å²) in [5.41, 5.74) is 4.48. The van der Waals surface area contributed by atoms with Crippen LogP contribution in [0.4, 0.5) is 5.82 Å². The third-order valence-electron chi connectivity index (χ3n) is 3.98. The Morgan fingerprint density at radius 3 is 3.05 bits per heavy atom. The number of anilines is 1. The van der Waals surface area contributed by atoms with Crippen molar-refractivity contribution < 1.29 is 0 Å². The van der Waals surface area contributed by atoms with E-state index in [0.717, 1.165) is 30.0 Å². The highest BCUT2D eigenvalue weighted by Crippen LogP contribution is 2.24. The Bertz CT molecular complexity index is 744. The quantitative estimate of drug-likeness (QED) is 0.800. The van der Waals surface area contributed by atoms with Gasteiger partial charge in [-0.15, -0.1) is 0 Å². The fraction of sp³-hybridized carbons (Fsp3) is 0.312. The van der Waals surface area contributed by atoms with E-state index in [1.54, 1.807) is 6.33 Å². The maximum absolute atomic E-state index is 4.60. The Balaban J connectivity index is 1.56. The monoisotopic (exact) mass is 279 g/mol. The van der Waals surface area contributed by atoms with Crippen LogP contribution in [0.3, 0.4) is 0 Å². The molecule has 1 aliphatic carbocycles. The molecule has 5 nitrogen and oxygen atoms in total. The van der Waals surface area contributed by atoms with Crippen LogP contribution in [0.2, 0.25) is 0 Å². The van der Waals surface area contributed by atoms with Gasteiger partial charge in [0.05, 0.1) is 12.2 Å². The molecule has 0 atom stereocenters. The van der Waals surface area contributed by atoms with Gasteiger partial charge in [0.25, 0.3) is 0 Å². The van der Waals surface area contributed by atoms with E-state index in [-0.39, 0.29) is 0 Å². The molecule has 0 amide bonds. The topological polar surface area (TPSA) is 55.1 Å². The molecule has 21 heavy (non-hydrogen) atoms. The average molecular weight is 279 g/mol. The summed E-state index contributed by atoms with van der Waals surface area (Å²) < 4.78 is 2.03. The van der Waals surface area contributed by atoms with Gasteiger partial charge in [-0.25, -0.2) is 15.0 Å². The molecule has 0 unspecified atom stereocenters. The smallest absolute Gasteiger partial charge is 0.137 e. The van der Waals surface area contributed by atoms with E-state index >= 15 is 0 Å². The van der Waals surface area contributed by atoms with Crippen molar-refractivity contribution in [1.29, 1.82) is 0 Å². The maximum Gasteiger partial charge on any atom is 0.137 e. The molecule has 3 heterocycles. The van der Waals surface area contributed by atoms with Crippen LogP contribution >= 0.6 is 0 Å². The van der Waals surface area contributed by atoms with Crippen LogP contribution in [0.1, 0.15) is 29.8 Å². The van der Waals surface area contributed by atoms with Gasteiger partial charge in [0.15, 0.2) is 0 Å². The second-order valence-electron chi connectivity index (χ2n) is 5.41. The Kier molecular flexibility index (Phi) is 3.03. The van der Waals surface area contributed by atoms with E-state index in [4.69, 9.17) is 0 Å². The summed E-state index contributed by atoms with van der Waals surface area (Å²) in [6, 6.07) is 6.02. The van der Waals surface area contributed by atoms with E-state index in [2.05, 4.69) is 26.5 Å². The molecule has 0 aromatic carbocycles. The first-order valence-corrected chi connectivity index (χ1v) is 7.39. The van der Waals surface area contributed by atoms with E-state index in [1.165, 1.54) is 24.1 Å². The lowest BCUT2D eigenvalue weighted by atomic mass is 9.96. The van der Waals surface area contributed by atoms with Crippen molar-refractivity contribution in [2.75, 3.05) is 5.32 Å². The predicted octanol–water partition coefficient (Wildman–Crippen LogP) is 2.62. The highest BCUT2D eigenvalue weighted by atomic mass is 15.1. The molecular formula is C16H17N5. The molecule has 5 heteroatoms. The molecule has 0 saturated carbocycles. The Hall–Kier alpha value is -2.43. The minimum absolute atomic E-state index is 0.686. The Morgan fingerprint density at radius 2 is 2.10 bits per heavy atom. The number of rotatable bonds is 3. The average Bonchev–Trinajstić information content (AvgIpc) is 2.96. The van der Waals surface area contributed by atoms with Gasteiger partial charge in [-0.1, -0.05) is 6.07 Å². The van der Waals surface area contributed by atoms with Crippen molar-refractivity contribution in [2.45, 2.75) is 32.2 Å². The Labute approximate surface area is 123 Å². The lowest BCUT2D eigenvalue weighted by Gasteiger charge is -2.17. The van der Waals surface area contributed by atoms with E-state index in [9.17, 15) is 0 Å². The molecule has 0 bridgehead atoms. The van der Waals surface area contributed by atoms with Crippen LogP contribution in [0.15, 0.2) is 36.9 Å². The van der Waals surface area contributed by atoms with Crippen LogP contribution < -0.4 is 5.32 Å². The van der Waals surface area contributed by atoms with Gasteiger partial charge in [0, 0.05) is 23.7 Å². The number of nitrogens with one attached hydrogen (secondary N) is 1. The first-order valence-electron chi connectivity index (χ1n) is 7.39. The second kappa shape index (κ2) is 5.16. The summed E-state index contributed by atoms with van der Waals surface area (Å²) >= 11 is 0. The number of hydrogen-bond acceptors (Lipinski definition) is 4. The highest BCUT2D eigenvalue weighted by Gasteiger charge is 2.15. The van der Waals surface area contributed by atoms with Crippen molar-refractivity contribution in [3.8, 4) is 0 Å². The number of imidazole rings is 1. The summed E-state index contributed by atoms with van der Waals surface area (Å²) in [4.78, 5) is 13.4. The minimum Gasteiger partial charge on any atom is -0.364 e. The molecule has 3 aromatic rings. The minimum atomic E-state index is 0.686. The summed E-state index contributed by atoms with van der Waals surface area (Å²) in [5, 5.41) is 3.42. The number of aromatic nitrogens is 4. The van der Waals surface area contributed by atoms with Crippen LogP contribution in [-0.2, 0) is 19.4 Å². The fourth-order valence-corrected chi connectivity index (χ4v) is 2.92. The first kappa shape index (κ1) is 12.3. The third kappa shape index (κ3) is 2.35. The van der Waals surface area contributed by atoms with Gasteiger partial charge >= 0.3 is 0 Å². The molecule has 3 aromatic heterocycles. The second-order valence-corrected chi connectivity index (χ2v) is 5.41. The molecule has 0 saturated heterocycles. The number of aryl methyl sites for hydroxylation is 1. The van der Waals surface area contributed by atoms with Crippen molar-refractivity contribution in [2.24, 2.45) is 0 Å². The normalized spacial score (nSPS) is 14.1. The molecule has 0 fully saturated rings. The van der Waals surface area contributed by atoms with Gasteiger partial charge in [0.1, 0.15) is 17.8 Å². The molecule has 0 radical (unpaired) electrons. The third-order valence-corrected chi connectivity index (χ3v) is 3.98. The number of pyridine rings is 1. The molecule has 0 spiro atoms. The summed E-state index contributed by atoms with van der Waals surface area (Å²) in [6.45, 7) is 0.686. The molecule has 4 rings (SSSR count). The standard InChI is InChI=1S/C16H17N5/c1-2-6-14-13(5-1)16(19-11-18-14)17-9-12-10-21-8-4-3-7-15(21)20-12/h3-4,7-8,10-11H,1-2,5-6,9H2,(H,17,18,19). The van der Waals surface area contributed by atoms with Gasteiger partial charge in [-0.3, -0.25) is 0 Å². The van der Waals surface area contributed by atoms with E-state index in [1.807, 2.05) is 28.8 Å². The van der Waals surface area contributed by atoms with Crippen LogP contribution in [-0.4, -0.2) is 19.4 Å². The highest BCUT2D eigenvalue weighted by molar-refractivity contribution is 5.47. The lowest BCUT2D eigenvalue weighted by Crippen LogP contribution is -2.12. The van der Waals surface area contributed by atoms with Crippen LogP contribution in [0.5, 0.6) is 0 Å². The zero-order chi connectivity index (χ0) is 14.1. The zero-order valence-electron chi connectivity index (χ0n) is 11.8. The molecule has 106 valence electrons. The fourth-order valence-electron chi connectivity index (χ4n) is 2.92. The number of fused-ring (bicyclic) bond motifs is 2. The van der Waals surface area contributed by atoms with Crippen molar-refractivity contribution >= 4 is 11.5 Å². The van der Waals surface area contributed by atoms with Crippen LogP contribution in [0.25, 0.3) is 5.65 Å². The summed E-state index contributed by atoms with van der Waals surface area (Å²) in [7, 11) is 0. The van der Waals surface area contributed by atoms with Gasteiger partial charge < -0.3 is 9.72 Å². The maximum atomic E-state index is 4.60. The molecular weight excluding hydrogens is 262 g/mol. The van der Waals surface area contributed by atoms with E-state index < -0.39 is 0 Å². The van der Waals surface area contributed by atoms with Crippen molar-refractivity contribution in [3.63, 3.8) is 0 Å². The molecule has 1 N–H and O–H groups in total.